The van der Waals surface area contributed by atoms with E-state index in [9.17, 15) is 14.9 Å². The summed E-state index contributed by atoms with van der Waals surface area (Å²) in [4.78, 5) is 25.7. The number of hydrogen-bond acceptors (Lipinski definition) is 5. The molecule has 7 nitrogen and oxygen atoms in total. The second kappa shape index (κ2) is 7.72. The van der Waals surface area contributed by atoms with Crippen LogP contribution < -0.4 is 10.6 Å². The quantitative estimate of drug-likeness (QED) is 0.465. The maximum atomic E-state index is 11.7. The first-order valence-corrected chi connectivity index (χ1v) is 6.83. The van der Waals surface area contributed by atoms with E-state index in [0.29, 0.717) is 25.1 Å². The van der Waals surface area contributed by atoms with Crippen LogP contribution in [0.3, 0.4) is 0 Å². The van der Waals surface area contributed by atoms with Gasteiger partial charge >= 0.3 is 0 Å². The molecule has 1 aromatic heterocycles. The second-order valence-electron chi connectivity index (χ2n) is 4.62. The summed E-state index contributed by atoms with van der Waals surface area (Å²) in [5.74, 6) is -0.0708. The molecule has 0 fully saturated rings. The Hall–Kier alpha value is -2.96. The molecular weight excluding hydrogens is 284 g/mol. The first-order chi connectivity index (χ1) is 10.6. The number of nitrogens with zero attached hydrogens (tertiary/aromatic N) is 2. The number of benzene rings is 1. The molecule has 1 heterocycles. The van der Waals surface area contributed by atoms with Crippen LogP contribution in [0.5, 0.6) is 0 Å². The second-order valence-corrected chi connectivity index (χ2v) is 4.62. The monoisotopic (exact) mass is 300 g/mol. The molecule has 0 bridgehead atoms. The number of nitro groups is 1. The number of carbonyl (C=O) groups is 1. The Morgan fingerprint density at radius 3 is 2.59 bits per heavy atom. The Kier molecular flexibility index (Phi) is 5.42. The van der Waals surface area contributed by atoms with E-state index in [1.165, 1.54) is 12.1 Å². The molecule has 114 valence electrons. The maximum absolute atomic E-state index is 11.7. The highest BCUT2D eigenvalue weighted by Gasteiger charge is 2.04. The molecule has 1 amide bonds. The van der Waals surface area contributed by atoms with Crippen LogP contribution in [-0.4, -0.2) is 22.4 Å². The molecule has 0 saturated heterocycles. The van der Waals surface area contributed by atoms with Gasteiger partial charge in [-0.1, -0.05) is 0 Å². The molecule has 1 aromatic carbocycles. The van der Waals surface area contributed by atoms with Gasteiger partial charge in [0.25, 0.3) is 5.69 Å². The van der Waals surface area contributed by atoms with Crippen molar-refractivity contribution in [1.82, 2.24) is 4.98 Å². The van der Waals surface area contributed by atoms with E-state index in [2.05, 4.69) is 15.6 Å². The van der Waals surface area contributed by atoms with Gasteiger partial charge in [0.2, 0.25) is 5.91 Å². The molecule has 22 heavy (non-hydrogen) atoms. The van der Waals surface area contributed by atoms with Crippen LogP contribution in [0.4, 0.5) is 17.1 Å². The minimum Gasteiger partial charge on any atom is -0.385 e. The lowest BCUT2D eigenvalue weighted by atomic mass is 10.2. The predicted octanol–water partition coefficient (Wildman–Crippen LogP) is 2.82. The van der Waals surface area contributed by atoms with Gasteiger partial charge in [-0.15, -0.1) is 0 Å². The smallest absolute Gasteiger partial charge is 0.269 e. The molecule has 7 heteroatoms. The number of aromatic nitrogens is 1. The van der Waals surface area contributed by atoms with Crippen LogP contribution in [0.25, 0.3) is 0 Å². The van der Waals surface area contributed by atoms with Crippen LogP contribution in [0.1, 0.15) is 12.8 Å². The number of nitrogens with one attached hydrogen (secondary N) is 2. The Morgan fingerprint density at radius 2 is 1.95 bits per heavy atom. The third-order valence-corrected chi connectivity index (χ3v) is 2.93. The number of rotatable bonds is 7. The molecular formula is C15H16N4O3. The van der Waals surface area contributed by atoms with E-state index >= 15 is 0 Å². The highest BCUT2D eigenvalue weighted by molar-refractivity contribution is 5.90. The molecule has 0 radical (unpaired) electrons. The van der Waals surface area contributed by atoms with E-state index in [0.717, 1.165) is 5.69 Å². The van der Waals surface area contributed by atoms with Crippen molar-refractivity contribution in [3.05, 3.63) is 58.9 Å². The molecule has 0 aliphatic heterocycles. The fraction of sp³-hybridized carbons (Fsp3) is 0.200. The average molecular weight is 300 g/mol. The maximum Gasteiger partial charge on any atom is 0.269 e. The highest BCUT2D eigenvalue weighted by atomic mass is 16.6. The number of amides is 1. The number of pyridine rings is 1. The molecule has 2 rings (SSSR count). The van der Waals surface area contributed by atoms with Crippen molar-refractivity contribution in [2.24, 2.45) is 0 Å². The third kappa shape index (κ3) is 4.86. The lowest BCUT2D eigenvalue weighted by molar-refractivity contribution is -0.384. The van der Waals surface area contributed by atoms with Gasteiger partial charge in [-0.25, -0.2) is 0 Å². The normalized spacial score (nSPS) is 10.0. The molecule has 2 N–H and O–H groups in total. The fourth-order valence-corrected chi connectivity index (χ4v) is 1.84. The fourth-order valence-electron chi connectivity index (χ4n) is 1.84. The van der Waals surface area contributed by atoms with Gasteiger partial charge in [0.15, 0.2) is 0 Å². The van der Waals surface area contributed by atoms with Crippen molar-refractivity contribution >= 4 is 23.0 Å². The van der Waals surface area contributed by atoms with Crippen molar-refractivity contribution in [2.75, 3.05) is 17.2 Å². The Morgan fingerprint density at radius 1 is 1.18 bits per heavy atom. The summed E-state index contributed by atoms with van der Waals surface area (Å²) >= 11 is 0. The van der Waals surface area contributed by atoms with Crippen molar-refractivity contribution < 1.29 is 9.72 Å². The minimum absolute atomic E-state index is 0.0569. The van der Waals surface area contributed by atoms with Crippen molar-refractivity contribution in [3.63, 3.8) is 0 Å². The molecule has 0 atom stereocenters. The summed E-state index contributed by atoms with van der Waals surface area (Å²) in [7, 11) is 0. The Balaban J connectivity index is 1.68. The Labute approximate surface area is 127 Å². The summed E-state index contributed by atoms with van der Waals surface area (Å²) in [5, 5.41) is 16.4. The summed E-state index contributed by atoms with van der Waals surface area (Å²) in [5.41, 5.74) is 1.52. The standard InChI is InChI=1S/C15H16N4O3/c20-15(18-13-3-1-9-16-11-13)4-2-10-17-12-5-7-14(8-6-12)19(21)22/h1,3,5-9,11,17H,2,4,10H2,(H,18,20). The molecule has 2 aromatic rings. The molecule has 0 saturated carbocycles. The number of nitro benzene ring substituents is 1. The van der Waals surface area contributed by atoms with Crippen LogP contribution in [0.2, 0.25) is 0 Å². The summed E-state index contributed by atoms with van der Waals surface area (Å²) in [6, 6.07) is 9.71. The van der Waals surface area contributed by atoms with Gasteiger partial charge in [-0.3, -0.25) is 19.9 Å². The number of anilines is 2. The molecule has 0 aliphatic carbocycles. The van der Waals surface area contributed by atoms with E-state index < -0.39 is 4.92 Å². The number of hydrogen-bond donors (Lipinski definition) is 2. The van der Waals surface area contributed by atoms with Gasteiger partial charge in [-0.2, -0.15) is 0 Å². The molecule has 0 aliphatic rings. The van der Waals surface area contributed by atoms with E-state index in [4.69, 9.17) is 0 Å². The third-order valence-electron chi connectivity index (χ3n) is 2.93. The van der Waals surface area contributed by atoms with Gasteiger partial charge in [-0.05, 0) is 30.7 Å². The average Bonchev–Trinajstić information content (AvgIpc) is 2.53. The molecule has 0 unspecified atom stereocenters. The van der Waals surface area contributed by atoms with E-state index in [-0.39, 0.29) is 11.6 Å². The van der Waals surface area contributed by atoms with Crippen LogP contribution in [0.15, 0.2) is 48.8 Å². The SMILES string of the molecule is O=C(CCCNc1ccc([N+](=O)[O-])cc1)Nc1cccnc1. The van der Waals surface area contributed by atoms with Crippen LogP contribution in [-0.2, 0) is 4.79 Å². The summed E-state index contributed by atoms with van der Waals surface area (Å²) in [6.45, 7) is 0.609. The topological polar surface area (TPSA) is 97.2 Å². The lowest BCUT2D eigenvalue weighted by Gasteiger charge is -2.07. The molecule has 0 spiro atoms. The largest absolute Gasteiger partial charge is 0.385 e. The first-order valence-electron chi connectivity index (χ1n) is 6.83. The van der Waals surface area contributed by atoms with E-state index in [1.807, 2.05) is 0 Å². The predicted molar refractivity (Wildman–Crippen MR) is 83.7 cm³/mol. The van der Waals surface area contributed by atoms with Gasteiger partial charge in [0, 0.05) is 37.0 Å². The zero-order valence-corrected chi connectivity index (χ0v) is 11.9. The zero-order chi connectivity index (χ0) is 15.8. The van der Waals surface area contributed by atoms with Crippen LogP contribution in [0, 0.1) is 10.1 Å². The van der Waals surface area contributed by atoms with Crippen molar-refractivity contribution in [3.8, 4) is 0 Å². The van der Waals surface area contributed by atoms with E-state index in [1.54, 1.807) is 36.7 Å². The Bertz CT molecular complexity index is 629. The summed E-state index contributed by atoms with van der Waals surface area (Å²) in [6.07, 6.45) is 4.27. The van der Waals surface area contributed by atoms with Gasteiger partial charge < -0.3 is 10.6 Å². The highest BCUT2D eigenvalue weighted by Crippen LogP contribution is 2.15. The number of carbonyl (C=O) groups excluding carboxylic acids is 1. The zero-order valence-electron chi connectivity index (χ0n) is 11.9. The van der Waals surface area contributed by atoms with Gasteiger partial charge in [0.1, 0.15) is 0 Å². The van der Waals surface area contributed by atoms with Crippen molar-refractivity contribution in [1.29, 1.82) is 0 Å². The first kappa shape index (κ1) is 15.4. The van der Waals surface area contributed by atoms with Crippen molar-refractivity contribution in [2.45, 2.75) is 12.8 Å². The number of non-ortho nitro benzene ring substituents is 1. The summed E-state index contributed by atoms with van der Waals surface area (Å²) < 4.78 is 0. The van der Waals surface area contributed by atoms with Gasteiger partial charge in [0.05, 0.1) is 16.8 Å². The van der Waals surface area contributed by atoms with Crippen LogP contribution >= 0.6 is 0 Å². The lowest BCUT2D eigenvalue weighted by Crippen LogP contribution is -2.13. The minimum atomic E-state index is -0.438.